The predicted octanol–water partition coefficient (Wildman–Crippen LogP) is 4.14. The van der Waals surface area contributed by atoms with E-state index in [-0.39, 0.29) is 22.0 Å². The van der Waals surface area contributed by atoms with E-state index in [2.05, 4.69) is 23.6 Å². The Kier molecular flexibility index (Phi) is 4.83. The summed E-state index contributed by atoms with van der Waals surface area (Å²) in [6, 6.07) is 13.6. The molecule has 2 aliphatic rings. The van der Waals surface area contributed by atoms with Crippen LogP contribution in [0.4, 0.5) is 5.69 Å². The average Bonchev–Trinajstić information content (AvgIpc) is 3.21. The standard InChI is InChI=1S/C24H27N3O4S/c1-23(2)16-24(31-23)11-14-27(15-12-24)22(28)18-6-8-19(9-7-18)26-32(29,30)20-5-3-4-17-10-13-25-21(17)20/h3-10,13,25-26H,11-12,14-16H2,1-2H3. The summed E-state index contributed by atoms with van der Waals surface area (Å²) in [5.74, 6) is -0.0380. The highest BCUT2D eigenvalue weighted by Gasteiger charge is 2.51. The van der Waals surface area contributed by atoms with E-state index >= 15 is 0 Å². The molecule has 1 aromatic heterocycles. The third-order valence-electron chi connectivity index (χ3n) is 6.43. The summed E-state index contributed by atoms with van der Waals surface area (Å²) in [6.07, 6.45) is 4.45. The predicted molar refractivity (Wildman–Crippen MR) is 123 cm³/mol. The Morgan fingerprint density at radius 3 is 2.41 bits per heavy atom. The van der Waals surface area contributed by atoms with Crippen LogP contribution in [-0.2, 0) is 14.8 Å². The Bertz CT molecular complexity index is 1260. The van der Waals surface area contributed by atoms with Gasteiger partial charge in [0.1, 0.15) is 4.90 Å². The van der Waals surface area contributed by atoms with Gasteiger partial charge in [-0.15, -0.1) is 0 Å². The maximum absolute atomic E-state index is 12.9. The molecule has 7 nitrogen and oxygen atoms in total. The summed E-state index contributed by atoms with van der Waals surface area (Å²) in [5, 5.41) is 0.827. The minimum atomic E-state index is -3.77. The van der Waals surface area contributed by atoms with Crippen LogP contribution in [0.15, 0.2) is 59.6 Å². The van der Waals surface area contributed by atoms with Gasteiger partial charge in [-0.3, -0.25) is 9.52 Å². The van der Waals surface area contributed by atoms with Gasteiger partial charge in [0, 0.05) is 42.3 Å². The second kappa shape index (κ2) is 7.35. The third-order valence-corrected chi connectivity index (χ3v) is 7.85. The second-order valence-electron chi connectivity index (χ2n) is 9.39. The summed E-state index contributed by atoms with van der Waals surface area (Å²) in [5.41, 5.74) is 1.40. The molecular weight excluding hydrogens is 426 g/mol. The van der Waals surface area contributed by atoms with Crippen molar-refractivity contribution in [2.24, 2.45) is 0 Å². The number of amides is 1. The normalized spacial score (nSPS) is 19.6. The zero-order chi connectivity index (χ0) is 22.6. The lowest BCUT2D eigenvalue weighted by Crippen LogP contribution is -2.61. The first kappa shape index (κ1) is 21.0. The van der Waals surface area contributed by atoms with Gasteiger partial charge in [-0.2, -0.15) is 0 Å². The highest BCUT2D eigenvalue weighted by Crippen LogP contribution is 2.47. The number of nitrogens with zero attached hydrogens (tertiary/aromatic N) is 1. The number of rotatable bonds is 4. The number of carbonyl (C=O) groups is 1. The van der Waals surface area contributed by atoms with Crippen LogP contribution in [0.25, 0.3) is 10.9 Å². The van der Waals surface area contributed by atoms with Crippen molar-refractivity contribution in [2.45, 2.75) is 49.2 Å². The van der Waals surface area contributed by atoms with Crippen molar-refractivity contribution in [3.8, 4) is 0 Å². The van der Waals surface area contributed by atoms with E-state index in [1.807, 2.05) is 17.0 Å². The quantitative estimate of drug-likeness (QED) is 0.621. The van der Waals surface area contributed by atoms with Crippen molar-refractivity contribution in [1.29, 1.82) is 0 Å². The zero-order valence-electron chi connectivity index (χ0n) is 18.2. The van der Waals surface area contributed by atoms with Gasteiger partial charge in [0.2, 0.25) is 0 Å². The maximum atomic E-state index is 12.9. The summed E-state index contributed by atoms with van der Waals surface area (Å²) in [6.45, 7) is 5.54. The lowest BCUT2D eigenvalue weighted by Gasteiger charge is -2.56. The van der Waals surface area contributed by atoms with Crippen LogP contribution >= 0.6 is 0 Å². The van der Waals surface area contributed by atoms with Crippen molar-refractivity contribution in [3.63, 3.8) is 0 Å². The molecule has 32 heavy (non-hydrogen) atoms. The molecule has 2 aromatic carbocycles. The largest absolute Gasteiger partial charge is 0.369 e. The molecule has 3 aromatic rings. The van der Waals surface area contributed by atoms with Crippen molar-refractivity contribution < 1.29 is 17.9 Å². The van der Waals surface area contributed by atoms with Gasteiger partial charge in [-0.1, -0.05) is 12.1 Å². The molecule has 168 valence electrons. The van der Waals surface area contributed by atoms with Crippen molar-refractivity contribution in [2.75, 3.05) is 17.8 Å². The number of ether oxygens (including phenoxy) is 1. The Balaban J connectivity index is 1.25. The van der Waals surface area contributed by atoms with Crippen LogP contribution < -0.4 is 4.72 Å². The number of carbonyl (C=O) groups excluding carboxylic acids is 1. The van der Waals surface area contributed by atoms with Gasteiger partial charge >= 0.3 is 0 Å². The topological polar surface area (TPSA) is 91.5 Å². The number of piperidine rings is 1. The fourth-order valence-electron chi connectivity index (χ4n) is 5.10. The summed E-state index contributed by atoms with van der Waals surface area (Å²) in [7, 11) is -3.77. The number of benzene rings is 2. The van der Waals surface area contributed by atoms with Crippen LogP contribution in [0.5, 0.6) is 0 Å². The number of aromatic amines is 1. The number of hydrogen-bond acceptors (Lipinski definition) is 4. The second-order valence-corrected chi connectivity index (χ2v) is 11.0. The Labute approximate surface area is 187 Å². The minimum absolute atomic E-state index is 0.0380. The number of nitrogens with one attached hydrogen (secondary N) is 2. The van der Waals surface area contributed by atoms with E-state index in [0.29, 0.717) is 29.9 Å². The van der Waals surface area contributed by atoms with E-state index in [1.54, 1.807) is 42.6 Å². The number of sulfonamides is 1. The molecule has 2 N–H and O–H groups in total. The van der Waals surface area contributed by atoms with Crippen LogP contribution in [0.3, 0.4) is 0 Å². The van der Waals surface area contributed by atoms with Crippen molar-refractivity contribution in [1.82, 2.24) is 9.88 Å². The van der Waals surface area contributed by atoms with Gasteiger partial charge in [-0.25, -0.2) is 8.42 Å². The first-order valence-electron chi connectivity index (χ1n) is 10.9. The highest BCUT2D eigenvalue weighted by molar-refractivity contribution is 7.93. The van der Waals surface area contributed by atoms with Crippen LogP contribution in [0.1, 0.15) is 43.5 Å². The van der Waals surface area contributed by atoms with E-state index in [1.165, 1.54) is 0 Å². The molecule has 2 saturated heterocycles. The molecule has 0 atom stereocenters. The van der Waals surface area contributed by atoms with Crippen LogP contribution in [-0.4, -0.2) is 48.5 Å². The molecular formula is C24H27N3O4S. The van der Waals surface area contributed by atoms with E-state index in [9.17, 15) is 13.2 Å². The molecule has 0 aliphatic carbocycles. The molecule has 1 spiro atoms. The number of para-hydroxylation sites is 1. The number of hydrogen-bond donors (Lipinski definition) is 2. The molecule has 3 heterocycles. The lowest BCUT2D eigenvalue weighted by molar-refractivity contribution is -0.269. The maximum Gasteiger partial charge on any atom is 0.263 e. The van der Waals surface area contributed by atoms with Gasteiger partial charge in [-0.05, 0) is 63.1 Å². The first-order valence-corrected chi connectivity index (χ1v) is 12.3. The average molecular weight is 454 g/mol. The fraction of sp³-hybridized carbons (Fsp3) is 0.375. The number of anilines is 1. The molecule has 2 aliphatic heterocycles. The van der Waals surface area contributed by atoms with Gasteiger partial charge in [0.15, 0.2) is 0 Å². The van der Waals surface area contributed by atoms with Crippen molar-refractivity contribution in [3.05, 3.63) is 60.3 Å². The van der Waals surface area contributed by atoms with Gasteiger partial charge < -0.3 is 14.6 Å². The van der Waals surface area contributed by atoms with Crippen LogP contribution in [0.2, 0.25) is 0 Å². The highest BCUT2D eigenvalue weighted by atomic mass is 32.2. The zero-order valence-corrected chi connectivity index (χ0v) is 19.0. The first-order chi connectivity index (χ1) is 15.2. The Morgan fingerprint density at radius 1 is 1.06 bits per heavy atom. The molecule has 0 radical (unpaired) electrons. The molecule has 5 rings (SSSR count). The Morgan fingerprint density at radius 2 is 1.75 bits per heavy atom. The Hall–Kier alpha value is -2.84. The lowest BCUT2D eigenvalue weighted by atomic mass is 9.75. The van der Waals surface area contributed by atoms with Crippen molar-refractivity contribution >= 4 is 32.5 Å². The molecule has 2 fully saturated rings. The smallest absolute Gasteiger partial charge is 0.263 e. The summed E-state index contributed by atoms with van der Waals surface area (Å²) < 4.78 is 34.5. The van der Waals surface area contributed by atoms with E-state index in [0.717, 1.165) is 24.6 Å². The number of fused-ring (bicyclic) bond motifs is 1. The molecule has 8 heteroatoms. The van der Waals surface area contributed by atoms with Gasteiger partial charge in [0.25, 0.3) is 15.9 Å². The minimum Gasteiger partial charge on any atom is -0.369 e. The third kappa shape index (κ3) is 3.78. The molecule has 0 bridgehead atoms. The van der Waals surface area contributed by atoms with Crippen LogP contribution in [0, 0.1) is 0 Å². The van der Waals surface area contributed by atoms with E-state index in [4.69, 9.17) is 4.74 Å². The number of H-pyrrole nitrogens is 1. The summed E-state index contributed by atoms with van der Waals surface area (Å²) >= 11 is 0. The molecule has 1 amide bonds. The molecule has 0 unspecified atom stereocenters. The molecule has 0 saturated carbocycles. The monoisotopic (exact) mass is 453 g/mol. The van der Waals surface area contributed by atoms with Gasteiger partial charge in [0.05, 0.1) is 16.7 Å². The fourth-order valence-corrected chi connectivity index (χ4v) is 6.36. The van der Waals surface area contributed by atoms with E-state index < -0.39 is 10.0 Å². The summed E-state index contributed by atoms with van der Waals surface area (Å²) in [4.78, 5) is 17.9. The number of aromatic nitrogens is 1. The number of likely N-dealkylation sites (tertiary alicyclic amines) is 1. The SMILES string of the molecule is CC1(C)CC2(CCN(C(=O)c3ccc(NS(=O)(=O)c4cccc5cc[nH]c45)cc3)CC2)O1.